The van der Waals surface area contributed by atoms with Crippen molar-refractivity contribution in [3.63, 3.8) is 0 Å². The summed E-state index contributed by atoms with van der Waals surface area (Å²) in [5.41, 5.74) is 5.21. The van der Waals surface area contributed by atoms with Crippen LogP contribution in [0.4, 0.5) is 4.79 Å². The zero-order valence-corrected chi connectivity index (χ0v) is 24.3. The molecular weight excluding hydrogens is 540 g/mol. The second kappa shape index (κ2) is 12.7. The van der Waals surface area contributed by atoms with Crippen molar-refractivity contribution in [2.75, 3.05) is 26.7 Å². The lowest BCUT2D eigenvalue weighted by atomic mass is 9.81. The summed E-state index contributed by atoms with van der Waals surface area (Å²) in [4.78, 5) is 28.3. The Kier molecular flexibility index (Phi) is 8.43. The highest BCUT2D eigenvalue weighted by Crippen LogP contribution is 2.39. The zero-order chi connectivity index (χ0) is 29.8. The van der Waals surface area contributed by atoms with Gasteiger partial charge in [0.2, 0.25) is 0 Å². The van der Waals surface area contributed by atoms with Gasteiger partial charge in [0.1, 0.15) is 24.4 Å². The van der Waals surface area contributed by atoms with Gasteiger partial charge in [-0.3, -0.25) is 9.69 Å². The maximum absolute atomic E-state index is 12.9. The first-order chi connectivity index (χ1) is 21.0. The number of benzene rings is 4. The van der Waals surface area contributed by atoms with Crippen molar-refractivity contribution in [3.8, 4) is 22.6 Å². The number of amides is 1. The largest absolute Gasteiger partial charge is 0.496 e. The van der Waals surface area contributed by atoms with Gasteiger partial charge in [0.15, 0.2) is 0 Å². The number of piperidine rings is 3. The second-order valence-electron chi connectivity index (χ2n) is 11.3. The van der Waals surface area contributed by atoms with Gasteiger partial charge < -0.3 is 19.5 Å². The molecule has 0 radical (unpaired) electrons. The van der Waals surface area contributed by atoms with Crippen LogP contribution >= 0.6 is 0 Å². The third kappa shape index (κ3) is 6.13. The van der Waals surface area contributed by atoms with Crippen LogP contribution in [0.25, 0.3) is 11.1 Å². The third-order valence-corrected chi connectivity index (χ3v) is 8.80. The first-order valence-corrected chi connectivity index (χ1v) is 14.8. The Balaban J connectivity index is 1.24. The molecule has 7 heteroatoms. The lowest BCUT2D eigenvalue weighted by molar-refractivity contribution is -0.000812. The molecule has 220 valence electrons. The Hall–Kier alpha value is -4.62. The van der Waals surface area contributed by atoms with Crippen LogP contribution in [-0.2, 0) is 6.61 Å². The fraction of sp³-hybridized carbons (Fsp3) is 0.278. The summed E-state index contributed by atoms with van der Waals surface area (Å²) in [5.74, 6) is 1.76. The van der Waals surface area contributed by atoms with Crippen molar-refractivity contribution in [3.05, 3.63) is 119 Å². The van der Waals surface area contributed by atoms with Crippen molar-refractivity contribution < 1.29 is 24.2 Å². The Morgan fingerprint density at radius 2 is 1.70 bits per heavy atom. The number of methoxy groups -OCH3 is 1. The Bertz CT molecular complexity index is 1560. The van der Waals surface area contributed by atoms with Crippen molar-refractivity contribution in [1.82, 2.24) is 9.80 Å². The van der Waals surface area contributed by atoms with E-state index in [1.807, 2.05) is 84.9 Å². The Labute approximate surface area is 252 Å². The number of nitrogens with zero attached hydrogens (tertiary/aromatic N) is 2. The van der Waals surface area contributed by atoms with E-state index >= 15 is 0 Å². The van der Waals surface area contributed by atoms with Gasteiger partial charge in [-0.05, 0) is 84.4 Å². The first-order valence-electron chi connectivity index (χ1n) is 14.8. The van der Waals surface area contributed by atoms with Crippen LogP contribution in [-0.4, -0.2) is 60.1 Å². The van der Waals surface area contributed by atoms with E-state index in [0.29, 0.717) is 29.6 Å². The van der Waals surface area contributed by atoms with Crippen LogP contribution in [0.5, 0.6) is 11.5 Å². The molecule has 3 heterocycles. The van der Waals surface area contributed by atoms with Crippen LogP contribution in [0, 0.1) is 5.92 Å². The summed E-state index contributed by atoms with van der Waals surface area (Å²) in [6.07, 6.45) is 2.00. The second-order valence-corrected chi connectivity index (χ2v) is 11.3. The predicted molar refractivity (Wildman–Crippen MR) is 166 cm³/mol. The van der Waals surface area contributed by atoms with E-state index in [4.69, 9.17) is 9.47 Å². The van der Waals surface area contributed by atoms with Crippen molar-refractivity contribution in [2.45, 2.75) is 31.5 Å². The molecule has 4 aromatic rings. The van der Waals surface area contributed by atoms with Gasteiger partial charge in [0.05, 0.1) is 19.2 Å². The van der Waals surface area contributed by atoms with E-state index in [1.165, 1.54) is 0 Å². The summed E-state index contributed by atoms with van der Waals surface area (Å²) in [7, 11) is 1.62. The molecule has 7 nitrogen and oxygen atoms in total. The van der Waals surface area contributed by atoms with E-state index in [2.05, 4.69) is 4.90 Å². The zero-order valence-electron chi connectivity index (χ0n) is 24.3. The standard InChI is InChI=1S/C36H36N2O5/c1-42-34-15-12-26(23-39)20-32(34)27-13-10-25(11-14-27)24-43-31-9-5-8-30(21-31)35(29-6-3-2-4-7-29)38(36(40)41)33-22-37-18-16-28(33)17-19-37/h2-15,20-21,23,28,33,35H,16-19,22,24H2,1H3,(H,40,41)/t33-,35-/m0/s1. The lowest BCUT2D eigenvalue weighted by Crippen LogP contribution is -2.59. The van der Waals surface area contributed by atoms with E-state index in [-0.39, 0.29) is 6.04 Å². The van der Waals surface area contributed by atoms with Gasteiger partial charge in [-0.1, -0.05) is 66.7 Å². The number of hydrogen-bond acceptors (Lipinski definition) is 5. The summed E-state index contributed by atoms with van der Waals surface area (Å²) < 4.78 is 11.7. The maximum atomic E-state index is 12.9. The van der Waals surface area contributed by atoms with Crippen molar-refractivity contribution in [1.29, 1.82) is 0 Å². The highest BCUT2D eigenvalue weighted by atomic mass is 16.5. The molecule has 2 bridgehead atoms. The van der Waals surface area contributed by atoms with E-state index in [9.17, 15) is 14.7 Å². The van der Waals surface area contributed by atoms with Gasteiger partial charge in [0, 0.05) is 17.7 Å². The number of carbonyl (C=O) groups is 2. The summed E-state index contributed by atoms with van der Waals surface area (Å²) in [6, 6.07) is 30.6. The molecule has 3 saturated heterocycles. The molecule has 0 saturated carbocycles. The van der Waals surface area contributed by atoms with Crippen LogP contribution in [0.15, 0.2) is 97.1 Å². The SMILES string of the molecule is COc1ccc(C=O)cc1-c1ccc(COc2cccc([C@H](c3ccccc3)N(C(=O)O)[C@H]3CN4CCC3CC4)c2)cc1. The molecular formula is C36H36N2O5. The Morgan fingerprint density at radius 1 is 0.953 bits per heavy atom. The number of ether oxygens (including phenoxy) is 2. The molecule has 0 spiro atoms. The molecule has 0 aliphatic carbocycles. The van der Waals surface area contributed by atoms with E-state index in [0.717, 1.165) is 66.6 Å². The van der Waals surface area contributed by atoms with Crippen LogP contribution in [0.3, 0.4) is 0 Å². The first kappa shape index (κ1) is 28.5. The van der Waals surface area contributed by atoms with Gasteiger partial charge in [0.25, 0.3) is 0 Å². The van der Waals surface area contributed by atoms with Gasteiger partial charge >= 0.3 is 6.09 Å². The monoisotopic (exact) mass is 576 g/mol. The number of fused-ring (bicyclic) bond motifs is 3. The number of hydrogen-bond donors (Lipinski definition) is 1. The highest BCUT2D eigenvalue weighted by molar-refractivity contribution is 5.81. The Morgan fingerprint density at radius 3 is 2.35 bits per heavy atom. The average molecular weight is 577 g/mol. The molecule has 43 heavy (non-hydrogen) atoms. The van der Waals surface area contributed by atoms with Crippen LogP contribution in [0.2, 0.25) is 0 Å². The maximum Gasteiger partial charge on any atom is 0.408 e. The van der Waals surface area contributed by atoms with Gasteiger partial charge in [-0.2, -0.15) is 0 Å². The molecule has 1 N–H and O–H groups in total. The minimum atomic E-state index is -0.894. The summed E-state index contributed by atoms with van der Waals surface area (Å²) in [6.45, 7) is 3.23. The quantitative estimate of drug-likeness (QED) is 0.207. The van der Waals surface area contributed by atoms with Gasteiger partial charge in [-0.25, -0.2) is 4.79 Å². The highest BCUT2D eigenvalue weighted by Gasteiger charge is 2.43. The molecule has 7 rings (SSSR count). The smallest absolute Gasteiger partial charge is 0.408 e. The number of carbonyl (C=O) groups excluding carboxylic acids is 1. The minimum absolute atomic E-state index is 0.0563. The van der Waals surface area contributed by atoms with Crippen molar-refractivity contribution in [2.24, 2.45) is 5.92 Å². The number of carboxylic acid groups (broad SMARTS) is 1. The lowest BCUT2D eigenvalue weighted by Gasteiger charge is -2.50. The fourth-order valence-corrected chi connectivity index (χ4v) is 6.59. The minimum Gasteiger partial charge on any atom is -0.496 e. The topological polar surface area (TPSA) is 79.3 Å². The molecule has 1 amide bonds. The van der Waals surface area contributed by atoms with Crippen LogP contribution < -0.4 is 9.47 Å². The molecule has 3 aliphatic rings. The molecule has 0 unspecified atom stereocenters. The fourth-order valence-electron chi connectivity index (χ4n) is 6.59. The normalized spacial score (nSPS) is 19.8. The van der Waals surface area contributed by atoms with Crippen molar-refractivity contribution >= 4 is 12.4 Å². The molecule has 3 aliphatic heterocycles. The summed E-state index contributed by atoms with van der Waals surface area (Å²) in [5, 5.41) is 10.6. The van der Waals surface area contributed by atoms with E-state index in [1.54, 1.807) is 24.1 Å². The molecule has 3 fully saturated rings. The molecule has 0 aromatic heterocycles. The van der Waals surface area contributed by atoms with Gasteiger partial charge in [-0.15, -0.1) is 0 Å². The number of aldehydes is 1. The summed E-state index contributed by atoms with van der Waals surface area (Å²) >= 11 is 0. The molecule has 4 aromatic carbocycles. The van der Waals surface area contributed by atoms with Crippen LogP contribution in [0.1, 0.15) is 45.9 Å². The van der Waals surface area contributed by atoms with E-state index < -0.39 is 12.1 Å². The molecule has 2 atom stereocenters. The third-order valence-electron chi connectivity index (χ3n) is 8.80. The average Bonchev–Trinajstić information content (AvgIpc) is 3.07. The number of rotatable bonds is 10. The predicted octanol–water partition coefficient (Wildman–Crippen LogP) is 6.92.